The Bertz CT molecular complexity index is 356. The van der Waals surface area contributed by atoms with Crippen LogP contribution in [0.1, 0.15) is 46.6 Å². The predicted octanol–water partition coefficient (Wildman–Crippen LogP) is 4.47. The maximum atomic E-state index is 5.79. The van der Waals surface area contributed by atoms with Crippen LogP contribution in [0, 0.1) is 11.8 Å². The van der Waals surface area contributed by atoms with Crippen LogP contribution in [-0.2, 0) is 0 Å². The Balaban J connectivity index is 2.83. The highest BCUT2D eigenvalue weighted by atomic mass is 16.5. The molecule has 0 bridgehead atoms. The molecule has 0 aliphatic carbocycles. The van der Waals surface area contributed by atoms with Gasteiger partial charge in [0.2, 0.25) is 0 Å². The summed E-state index contributed by atoms with van der Waals surface area (Å²) >= 11 is 0. The summed E-state index contributed by atoms with van der Waals surface area (Å²) in [5.41, 5.74) is 1.18. The second-order valence-electron chi connectivity index (χ2n) is 5.25. The number of hydrogen-bond donors (Lipinski definition) is 0. The topological polar surface area (TPSA) is 18.5 Å². The van der Waals surface area contributed by atoms with Crippen LogP contribution in [0.5, 0.6) is 11.5 Å². The van der Waals surface area contributed by atoms with E-state index < -0.39 is 0 Å². The molecule has 1 aromatic carbocycles. The van der Waals surface area contributed by atoms with Gasteiger partial charge in [-0.3, -0.25) is 0 Å². The first-order valence-corrected chi connectivity index (χ1v) is 6.74. The quantitative estimate of drug-likeness (QED) is 0.709. The Hall–Kier alpha value is -1.18. The van der Waals surface area contributed by atoms with Gasteiger partial charge in [0, 0.05) is 6.07 Å². The van der Waals surface area contributed by atoms with Gasteiger partial charge >= 0.3 is 0 Å². The lowest BCUT2D eigenvalue weighted by molar-refractivity contribution is 0.267. The lowest BCUT2D eigenvalue weighted by Gasteiger charge is -2.14. The molecule has 1 radical (unpaired) electrons. The maximum Gasteiger partial charge on any atom is 0.123 e. The molecule has 0 aliphatic heterocycles. The fourth-order valence-electron chi connectivity index (χ4n) is 1.51. The van der Waals surface area contributed by atoms with E-state index in [0.717, 1.165) is 31.1 Å². The molecule has 0 atom stereocenters. The molecule has 18 heavy (non-hydrogen) atoms. The predicted molar refractivity (Wildman–Crippen MR) is 76.3 cm³/mol. The third-order valence-electron chi connectivity index (χ3n) is 2.51. The van der Waals surface area contributed by atoms with Crippen molar-refractivity contribution in [2.75, 3.05) is 13.2 Å². The highest BCUT2D eigenvalue weighted by Crippen LogP contribution is 2.27. The largest absolute Gasteiger partial charge is 0.493 e. The van der Waals surface area contributed by atoms with Gasteiger partial charge in [-0.2, -0.15) is 0 Å². The lowest BCUT2D eigenvalue weighted by atomic mass is 10.0. The van der Waals surface area contributed by atoms with Gasteiger partial charge in [-0.05, 0) is 36.0 Å². The van der Waals surface area contributed by atoms with Crippen molar-refractivity contribution in [3.63, 3.8) is 0 Å². The molecular weight excluding hydrogens is 224 g/mol. The van der Waals surface area contributed by atoms with Crippen LogP contribution in [0.15, 0.2) is 18.2 Å². The van der Waals surface area contributed by atoms with E-state index in [1.807, 2.05) is 6.07 Å². The van der Waals surface area contributed by atoms with E-state index in [-0.39, 0.29) is 0 Å². The van der Waals surface area contributed by atoms with Crippen molar-refractivity contribution in [3.05, 3.63) is 29.7 Å². The minimum atomic E-state index is 0.528. The summed E-state index contributed by atoms with van der Waals surface area (Å²) in [6, 6.07) is 6.13. The van der Waals surface area contributed by atoms with E-state index >= 15 is 0 Å². The Morgan fingerprint density at radius 1 is 1.06 bits per heavy atom. The molecular formula is C16H25O2. The number of rotatable bonds is 7. The molecule has 0 unspecified atom stereocenters. The van der Waals surface area contributed by atoms with Gasteiger partial charge in [-0.25, -0.2) is 0 Å². The fourth-order valence-corrected chi connectivity index (χ4v) is 1.51. The van der Waals surface area contributed by atoms with Crippen molar-refractivity contribution in [2.24, 2.45) is 5.92 Å². The zero-order valence-electron chi connectivity index (χ0n) is 12.2. The minimum absolute atomic E-state index is 0.528. The molecule has 0 saturated heterocycles. The summed E-state index contributed by atoms with van der Waals surface area (Å²) in [6.45, 7) is 12.1. The molecule has 2 nitrogen and oxygen atoms in total. The molecule has 1 aromatic rings. The van der Waals surface area contributed by atoms with Gasteiger partial charge in [0.05, 0.1) is 13.2 Å². The average molecular weight is 249 g/mol. The van der Waals surface area contributed by atoms with E-state index in [0.29, 0.717) is 5.92 Å². The summed E-state index contributed by atoms with van der Waals surface area (Å²) in [4.78, 5) is 0. The summed E-state index contributed by atoms with van der Waals surface area (Å²) < 4.78 is 11.5. The van der Waals surface area contributed by atoms with Gasteiger partial charge in [-0.15, -0.1) is 0 Å². The first kappa shape index (κ1) is 14.9. The third kappa shape index (κ3) is 4.99. The molecule has 0 heterocycles. The normalized spacial score (nSPS) is 11.1. The van der Waals surface area contributed by atoms with Crippen molar-refractivity contribution in [3.8, 4) is 11.5 Å². The van der Waals surface area contributed by atoms with Crippen LogP contribution in [-0.4, -0.2) is 13.2 Å². The van der Waals surface area contributed by atoms with E-state index in [4.69, 9.17) is 9.47 Å². The van der Waals surface area contributed by atoms with Crippen LogP contribution >= 0.6 is 0 Å². The minimum Gasteiger partial charge on any atom is -0.493 e. The first-order chi connectivity index (χ1) is 8.52. The van der Waals surface area contributed by atoms with Gasteiger partial charge in [-0.1, -0.05) is 34.6 Å². The van der Waals surface area contributed by atoms with Gasteiger partial charge < -0.3 is 9.47 Å². The zero-order valence-corrected chi connectivity index (χ0v) is 12.2. The maximum absolute atomic E-state index is 5.79. The van der Waals surface area contributed by atoms with Crippen molar-refractivity contribution in [1.82, 2.24) is 0 Å². The molecule has 0 N–H and O–H groups in total. The monoisotopic (exact) mass is 249 g/mol. The Kier molecular flexibility index (Phi) is 6.03. The molecule has 0 fully saturated rings. The molecule has 101 valence electrons. The molecule has 1 rings (SSSR count). The van der Waals surface area contributed by atoms with Gasteiger partial charge in [0.1, 0.15) is 11.5 Å². The Morgan fingerprint density at radius 2 is 1.67 bits per heavy atom. The highest BCUT2D eigenvalue weighted by Gasteiger charge is 2.07. The Morgan fingerprint density at radius 3 is 2.17 bits per heavy atom. The summed E-state index contributed by atoms with van der Waals surface area (Å²) in [6.07, 6.45) is 1.02. The zero-order chi connectivity index (χ0) is 13.5. The number of benzene rings is 1. The van der Waals surface area contributed by atoms with Crippen LogP contribution < -0.4 is 9.47 Å². The molecule has 0 aliphatic rings. The first-order valence-electron chi connectivity index (χ1n) is 6.74. The lowest BCUT2D eigenvalue weighted by Crippen LogP contribution is -2.05. The van der Waals surface area contributed by atoms with E-state index in [9.17, 15) is 0 Å². The van der Waals surface area contributed by atoms with E-state index in [1.165, 1.54) is 11.5 Å². The van der Waals surface area contributed by atoms with Gasteiger partial charge in [0.15, 0.2) is 0 Å². The van der Waals surface area contributed by atoms with Crippen molar-refractivity contribution >= 4 is 0 Å². The standard InChI is InChI=1S/C16H25O2/c1-6-7-17-15-8-14(13(4)5)9-16(10-15)18-11-12(2)3/h8-10,12H,6-7,11H2,1-5H3. The van der Waals surface area contributed by atoms with Crippen LogP contribution in [0.25, 0.3) is 0 Å². The molecule has 0 amide bonds. The van der Waals surface area contributed by atoms with Crippen LogP contribution in [0.2, 0.25) is 0 Å². The number of ether oxygens (including phenoxy) is 2. The second kappa shape index (κ2) is 7.30. The molecule has 2 heteroatoms. The van der Waals surface area contributed by atoms with Crippen LogP contribution in [0.3, 0.4) is 0 Å². The van der Waals surface area contributed by atoms with Crippen molar-refractivity contribution in [2.45, 2.75) is 41.0 Å². The van der Waals surface area contributed by atoms with Crippen LogP contribution in [0.4, 0.5) is 0 Å². The summed E-state index contributed by atoms with van der Waals surface area (Å²) in [5, 5.41) is 0. The summed E-state index contributed by atoms with van der Waals surface area (Å²) in [7, 11) is 0. The average Bonchev–Trinajstić information content (AvgIpc) is 2.33. The Labute approximate surface area is 111 Å². The number of hydrogen-bond acceptors (Lipinski definition) is 2. The van der Waals surface area contributed by atoms with Crippen molar-refractivity contribution < 1.29 is 9.47 Å². The third-order valence-corrected chi connectivity index (χ3v) is 2.51. The fraction of sp³-hybridized carbons (Fsp3) is 0.562. The second-order valence-corrected chi connectivity index (χ2v) is 5.25. The van der Waals surface area contributed by atoms with E-state index in [2.05, 4.69) is 46.8 Å². The smallest absolute Gasteiger partial charge is 0.123 e. The molecule has 0 saturated carbocycles. The highest BCUT2D eigenvalue weighted by molar-refractivity contribution is 5.43. The SMILES string of the molecule is CCCOc1cc(OCC(C)C)cc([C](C)C)c1. The van der Waals surface area contributed by atoms with Crippen molar-refractivity contribution in [1.29, 1.82) is 0 Å². The van der Waals surface area contributed by atoms with Gasteiger partial charge in [0.25, 0.3) is 0 Å². The van der Waals surface area contributed by atoms with E-state index in [1.54, 1.807) is 0 Å². The molecule has 0 aromatic heterocycles. The molecule has 0 spiro atoms. The summed E-state index contributed by atoms with van der Waals surface area (Å²) in [5.74, 6) is 3.59.